The number of hydrogen-bond donors (Lipinski definition) is 2. The van der Waals surface area contributed by atoms with Crippen molar-refractivity contribution in [3.8, 4) is 0 Å². The zero-order valence-corrected chi connectivity index (χ0v) is 15.9. The molecule has 0 aliphatic rings. The maximum Gasteiger partial charge on any atom is 0.321 e. The second kappa shape index (κ2) is 9.10. The summed E-state index contributed by atoms with van der Waals surface area (Å²) in [4.78, 5) is 34.3. The molecule has 12 heteroatoms. The van der Waals surface area contributed by atoms with E-state index in [1.807, 2.05) is 0 Å². The van der Waals surface area contributed by atoms with E-state index in [4.69, 9.17) is 4.74 Å². The third kappa shape index (κ3) is 5.89. The number of esters is 1. The molecule has 11 nitrogen and oxygen atoms in total. The molecule has 1 aromatic carbocycles. The Kier molecular flexibility index (Phi) is 6.84. The van der Waals surface area contributed by atoms with Crippen molar-refractivity contribution in [1.29, 1.82) is 0 Å². The molecule has 2 N–H and O–H groups in total. The molecule has 28 heavy (non-hydrogen) atoms. The number of aromatic nitrogens is 1. The Hall–Kier alpha value is -3.25. The molecule has 1 aromatic heterocycles. The molecule has 0 saturated heterocycles. The summed E-state index contributed by atoms with van der Waals surface area (Å²) in [5.74, 6) is -1.69. The summed E-state index contributed by atoms with van der Waals surface area (Å²) in [6.45, 7) is 0.133. The number of amides is 2. The van der Waals surface area contributed by atoms with E-state index in [-0.39, 0.29) is 16.6 Å². The number of ether oxygens (including phenoxy) is 1. The first-order valence-corrected chi connectivity index (χ1v) is 9.32. The Morgan fingerprint density at radius 2 is 1.82 bits per heavy atom. The molecule has 0 aliphatic carbocycles. The Balaban J connectivity index is 1.89. The number of anilines is 2. The van der Waals surface area contributed by atoms with Crippen LogP contribution in [0.4, 0.5) is 11.5 Å². The summed E-state index contributed by atoms with van der Waals surface area (Å²) in [6, 6.07) is 6.85. The van der Waals surface area contributed by atoms with Crippen LogP contribution in [0.1, 0.15) is 6.92 Å². The number of hydrogen-bond acceptors (Lipinski definition) is 8. The van der Waals surface area contributed by atoms with E-state index in [1.165, 1.54) is 50.6 Å². The predicted octanol–water partition coefficient (Wildman–Crippen LogP) is 0.435. The van der Waals surface area contributed by atoms with Gasteiger partial charge in [0, 0.05) is 25.7 Å². The minimum atomic E-state index is -3.96. The topological polar surface area (TPSA) is 148 Å². The Morgan fingerprint density at radius 3 is 2.39 bits per heavy atom. The van der Waals surface area contributed by atoms with E-state index in [2.05, 4.69) is 20.3 Å². The fraction of sp³-hybridized carbons (Fsp3) is 0.250. The molecular weight excluding hydrogens is 392 g/mol. The van der Waals surface area contributed by atoms with Crippen molar-refractivity contribution in [3.05, 3.63) is 36.6 Å². The highest BCUT2D eigenvalue weighted by atomic mass is 32.2. The van der Waals surface area contributed by atoms with Gasteiger partial charge in [-0.2, -0.15) is 4.31 Å². The van der Waals surface area contributed by atoms with E-state index in [0.29, 0.717) is 5.69 Å². The van der Waals surface area contributed by atoms with Crippen LogP contribution in [-0.2, 0) is 29.1 Å². The maximum absolute atomic E-state index is 12.5. The predicted molar refractivity (Wildman–Crippen MR) is 96.7 cm³/mol. The average molecular weight is 410 g/mol. The summed E-state index contributed by atoms with van der Waals surface area (Å²) < 4.78 is 35.0. The molecule has 0 saturated carbocycles. The van der Waals surface area contributed by atoms with Crippen molar-refractivity contribution in [1.82, 2.24) is 9.46 Å². The molecule has 2 rings (SSSR count). The fourth-order valence-corrected chi connectivity index (χ4v) is 3.12. The number of carbonyl (C=O) groups is 3. The number of carbonyl (C=O) groups excluding carboxylic acids is 3. The standard InChI is InChI=1S/C16H18N4O7S/c1-11(21)17-12-3-5-13(6-4-12)28(24,25)20(2)9-16(23)26-10-15(22)18-14-7-8-27-19-14/h3-8H,9-10H2,1-2H3,(H,17,21)(H,18,19,22). The van der Waals surface area contributed by atoms with Gasteiger partial charge >= 0.3 is 5.97 Å². The van der Waals surface area contributed by atoms with Crippen LogP contribution in [0.5, 0.6) is 0 Å². The van der Waals surface area contributed by atoms with Crippen molar-refractivity contribution < 1.29 is 32.1 Å². The van der Waals surface area contributed by atoms with E-state index in [9.17, 15) is 22.8 Å². The van der Waals surface area contributed by atoms with Crippen molar-refractivity contribution in [2.24, 2.45) is 0 Å². The molecule has 0 aliphatic heterocycles. The molecule has 2 aromatic rings. The average Bonchev–Trinajstić information content (AvgIpc) is 3.13. The van der Waals surface area contributed by atoms with Crippen molar-refractivity contribution in [2.75, 3.05) is 30.8 Å². The molecule has 0 unspecified atom stereocenters. The highest BCUT2D eigenvalue weighted by molar-refractivity contribution is 7.89. The quantitative estimate of drug-likeness (QED) is 0.596. The van der Waals surface area contributed by atoms with Crippen LogP contribution in [0, 0.1) is 0 Å². The normalized spacial score (nSPS) is 11.1. The summed E-state index contributed by atoms with van der Waals surface area (Å²) >= 11 is 0. The second-order valence-electron chi connectivity index (χ2n) is 5.56. The van der Waals surface area contributed by atoms with Gasteiger partial charge in [0.25, 0.3) is 5.91 Å². The highest BCUT2D eigenvalue weighted by Gasteiger charge is 2.24. The molecule has 1 heterocycles. The van der Waals surface area contributed by atoms with Crippen LogP contribution in [0.3, 0.4) is 0 Å². The number of likely N-dealkylation sites (N-methyl/N-ethyl adjacent to an activating group) is 1. The first-order valence-electron chi connectivity index (χ1n) is 7.88. The molecule has 0 fully saturated rings. The smallest absolute Gasteiger partial charge is 0.321 e. The summed E-state index contributed by atoms with van der Waals surface area (Å²) in [5.41, 5.74) is 0.437. The lowest BCUT2D eigenvalue weighted by atomic mass is 10.3. The highest BCUT2D eigenvalue weighted by Crippen LogP contribution is 2.17. The fourth-order valence-electron chi connectivity index (χ4n) is 2.01. The van der Waals surface area contributed by atoms with Crippen LogP contribution < -0.4 is 10.6 Å². The molecule has 0 spiro atoms. The van der Waals surface area contributed by atoms with E-state index in [1.54, 1.807) is 0 Å². The minimum Gasteiger partial charge on any atom is -0.455 e. The maximum atomic E-state index is 12.5. The molecule has 0 atom stereocenters. The minimum absolute atomic E-state index is 0.0688. The van der Waals surface area contributed by atoms with Gasteiger partial charge in [0.05, 0.1) is 4.90 Å². The van der Waals surface area contributed by atoms with E-state index >= 15 is 0 Å². The van der Waals surface area contributed by atoms with Crippen LogP contribution in [-0.4, -0.2) is 55.9 Å². The van der Waals surface area contributed by atoms with Crippen molar-refractivity contribution in [3.63, 3.8) is 0 Å². The van der Waals surface area contributed by atoms with Gasteiger partial charge < -0.3 is 19.9 Å². The number of sulfonamides is 1. The van der Waals surface area contributed by atoms with Crippen LogP contribution >= 0.6 is 0 Å². The molecule has 0 bridgehead atoms. The summed E-state index contributed by atoms with van der Waals surface area (Å²) in [5, 5.41) is 8.30. The molecular formula is C16H18N4O7S. The van der Waals surface area contributed by atoms with Gasteiger partial charge in [-0.05, 0) is 24.3 Å². The zero-order chi connectivity index (χ0) is 20.7. The molecule has 150 valence electrons. The number of rotatable bonds is 8. The van der Waals surface area contributed by atoms with Gasteiger partial charge in [-0.15, -0.1) is 0 Å². The van der Waals surface area contributed by atoms with Gasteiger partial charge in [0.15, 0.2) is 12.4 Å². The Morgan fingerprint density at radius 1 is 1.14 bits per heavy atom. The summed E-state index contributed by atoms with van der Waals surface area (Å²) in [6.07, 6.45) is 1.25. The number of nitrogens with zero attached hydrogens (tertiary/aromatic N) is 2. The van der Waals surface area contributed by atoms with Gasteiger partial charge in [-0.25, -0.2) is 8.42 Å². The largest absolute Gasteiger partial charge is 0.455 e. The van der Waals surface area contributed by atoms with Crippen LogP contribution in [0.25, 0.3) is 0 Å². The van der Waals surface area contributed by atoms with Crippen molar-refractivity contribution >= 4 is 39.3 Å². The van der Waals surface area contributed by atoms with Crippen LogP contribution in [0.2, 0.25) is 0 Å². The summed E-state index contributed by atoms with van der Waals surface area (Å²) in [7, 11) is -2.76. The monoisotopic (exact) mass is 410 g/mol. The third-order valence-corrected chi connectivity index (χ3v) is 5.12. The van der Waals surface area contributed by atoms with Crippen LogP contribution in [0.15, 0.2) is 46.0 Å². The molecule has 2 amide bonds. The van der Waals surface area contributed by atoms with Crippen molar-refractivity contribution in [2.45, 2.75) is 11.8 Å². The number of nitrogens with one attached hydrogen (secondary N) is 2. The lowest BCUT2D eigenvalue weighted by molar-refractivity contribution is -0.147. The van der Waals surface area contributed by atoms with E-state index < -0.39 is 35.1 Å². The van der Waals surface area contributed by atoms with Gasteiger partial charge in [-0.3, -0.25) is 14.4 Å². The second-order valence-corrected chi connectivity index (χ2v) is 7.61. The first-order chi connectivity index (χ1) is 13.2. The molecule has 0 radical (unpaired) electrons. The Labute approximate surface area is 160 Å². The zero-order valence-electron chi connectivity index (χ0n) is 15.0. The first kappa shape index (κ1) is 21.1. The SMILES string of the molecule is CC(=O)Nc1ccc(S(=O)(=O)N(C)CC(=O)OCC(=O)Nc2ccon2)cc1. The lowest BCUT2D eigenvalue weighted by Crippen LogP contribution is -2.34. The Bertz CT molecular complexity index is 940. The van der Waals surface area contributed by atoms with E-state index in [0.717, 1.165) is 4.31 Å². The number of benzene rings is 1. The van der Waals surface area contributed by atoms with Gasteiger partial charge in [0.2, 0.25) is 15.9 Å². The van der Waals surface area contributed by atoms with Gasteiger partial charge in [-0.1, -0.05) is 5.16 Å². The van der Waals surface area contributed by atoms with Gasteiger partial charge in [0.1, 0.15) is 12.8 Å². The lowest BCUT2D eigenvalue weighted by Gasteiger charge is -2.16. The third-order valence-electron chi connectivity index (χ3n) is 3.30.